The summed E-state index contributed by atoms with van der Waals surface area (Å²) < 4.78 is 5.82. The number of ether oxygens (including phenoxy) is 1. The summed E-state index contributed by atoms with van der Waals surface area (Å²) in [5.74, 6) is -0.233. The molecule has 1 aromatic heterocycles. The molecule has 0 amide bonds. The number of anilines is 1. The molecule has 3 N–H and O–H groups in total. The monoisotopic (exact) mass is 384 g/mol. The Morgan fingerprint density at radius 2 is 1.96 bits per heavy atom. The topological polar surface area (TPSA) is 75.8 Å². The molecule has 0 aliphatic rings. The molecule has 0 radical (unpaired) electrons. The maximum absolute atomic E-state index is 12.4. The van der Waals surface area contributed by atoms with E-state index in [1.807, 2.05) is 31.1 Å². The fraction of sp³-hybridized carbons (Fsp3) is 0.286. The van der Waals surface area contributed by atoms with Crippen molar-refractivity contribution in [3.63, 3.8) is 0 Å². The van der Waals surface area contributed by atoms with Crippen LogP contribution in [0, 0.1) is 6.92 Å². The molecule has 0 saturated carbocycles. The number of nitrogens with two attached hydrogens (primary N) is 1. The van der Waals surface area contributed by atoms with Crippen LogP contribution in [0.1, 0.15) is 32.6 Å². The van der Waals surface area contributed by atoms with Crippen molar-refractivity contribution in [1.82, 2.24) is 4.90 Å². The summed E-state index contributed by atoms with van der Waals surface area (Å²) in [6.45, 7) is 2.60. The number of phenols is 1. The lowest BCUT2D eigenvalue weighted by Crippen LogP contribution is -2.11. The van der Waals surface area contributed by atoms with Gasteiger partial charge in [-0.25, -0.2) is 4.79 Å². The molecule has 27 heavy (non-hydrogen) atoms. The maximum Gasteiger partial charge on any atom is 0.341 e. The van der Waals surface area contributed by atoms with Crippen LogP contribution in [0.25, 0.3) is 10.1 Å². The molecule has 0 spiro atoms. The summed E-state index contributed by atoms with van der Waals surface area (Å²) >= 11 is 1.32. The summed E-state index contributed by atoms with van der Waals surface area (Å²) in [7, 11) is 5.23. The van der Waals surface area contributed by atoms with Gasteiger partial charge in [0.1, 0.15) is 16.3 Å². The fourth-order valence-electron chi connectivity index (χ4n) is 3.34. The van der Waals surface area contributed by atoms with Crippen molar-refractivity contribution < 1.29 is 14.6 Å². The van der Waals surface area contributed by atoms with Crippen LogP contribution < -0.4 is 5.73 Å². The molecule has 2 aromatic carbocycles. The highest BCUT2D eigenvalue weighted by molar-refractivity contribution is 7.23. The number of rotatable bonds is 5. The van der Waals surface area contributed by atoms with Crippen LogP contribution in [0.4, 0.5) is 5.00 Å². The van der Waals surface area contributed by atoms with Crippen molar-refractivity contribution in [3.05, 3.63) is 58.1 Å². The normalized spacial score (nSPS) is 11.3. The highest BCUT2D eigenvalue weighted by atomic mass is 32.1. The summed E-state index contributed by atoms with van der Waals surface area (Å²) in [6, 6.07) is 9.85. The van der Waals surface area contributed by atoms with Gasteiger partial charge in [0.15, 0.2) is 0 Å². The minimum Gasteiger partial charge on any atom is -0.508 e. The van der Waals surface area contributed by atoms with Crippen molar-refractivity contribution in [2.24, 2.45) is 0 Å². The summed E-state index contributed by atoms with van der Waals surface area (Å²) in [5.41, 5.74) is 10.5. The Balaban J connectivity index is 2.29. The van der Waals surface area contributed by atoms with Gasteiger partial charge in [0, 0.05) is 22.2 Å². The molecule has 6 heteroatoms. The van der Waals surface area contributed by atoms with Gasteiger partial charge < -0.3 is 20.5 Å². The number of methoxy groups -OCH3 is 1. The smallest absolute Gasteiger partial charge is 0.341 e. The van der Waals surface area contributed by atoms with Crippen molar-refractivity contribution in [1.29, 1.82) is 0 Å². The lowest BCUT2D eigenvalue weighted by Gasteiger charge is -2.15. The number of nitrogens with zero attached hydrogens (tertiary/aromatic N) is 1. The van der Waals surface area contributed by atoms with Gasteiger partial charge in [0.25, 0.3) is 0 Å². The van der Waals surface area contributed by atoms with E-state index < -0.39 is 5.97 Å². The number of fused-ring (bicyclic) bond motifs is 1. The van der Waals surface area contributed by atoms with Gasteiger partial charge in [0.2, 0.25) is 0 Å². The molecule has 0 aliphatic carbocycles. The first-order valence-electron chi connectivity index (χ1n) is 8.66. The lowest BCUT2D eigenvalue weighted by atomic mass is 9.94. The second-order valence-corrected chi connectivity index (χ2v) is 7.96. The largest absolute Gasteiger partial charge is 0.508 e. The van der Waals surface area contributed by atoms with Crippen LogP contribution in [0.3, 0.4) is 0 Å². The van der Waals surface area contributed by atoms with E-state index in [1.54, 1.807) is 6.07 Å². The molecule has 1 heterocycles. The van der Waals surface area contributed by atoms with Crippen LogP contribution >= 0.6 is 11.3 Å². The molecule has 0 atom stereocenters. The molecule has 3 rings (SSSR count). The van der Waals surface area contributed by atoms with Crippen LogP contribution in [-0.2, 0) is 17.7 Å². The zero-order valence-electron chi connectivity index (χ0n) is 16.0. The van der Waals surface area contributed by atoms with Gasteiger partial charge in [-0.3, -0.25) is 0 Å². The van der Waals surface area contributed by atoms with E-state index >= 15 is 0 Å². The number of phenolic OH excluding ortho intramolecular Hbond substituents is 1. The van der Waals surface area contributed by atoms with Crippen LogP contribution in [0.2, 0.25) is 0 Å². The Hall–Kier alpha value is -2.57. The van der Waals surface area contributed by atoms with Gasteiger partial charge in [-0.2, -0.15) is 0 Å². The highest BCUT2D eigenvalue weighted by Crippen LogP contribution is 2.43. The molecule has 0 bridgehead atoms. The minimum absolute atomic E-state index is 0.220. The molecular formula is C21H24N2O3S. The van der Waals surface area contributed by atoms with Crippen molar-refractivity contribution in [2.75, 3.05) is 26.9 Å². The Morgan fingerprint density at radius 3 is 2.59 bits per heavy atom. The molecule has 0 fully saturated rings. The zero-order valence-corrected chi connectivity index (χ0v) is 16.8. The fourth-order valence-corrected chi connectivity index (χ4v) is 4.47. The van der Waals surface area contributed by atoms with Gasteiger partial charge in [0.05, 0.1) is 7.11 Å². The third-order valence-electron chi connectivity index (χ3n) is 4.66. The predicted octanol–water partition coefficient (Wildman–Crippen LogP) is 3.94. The summed E-state index contributed by atoms with van der Waals surface area (Å²) in [6.07, 6.45) is 0.596. The third-order valence-corrected chi connectivity index (χ3v) is 5.74. The summed E-state index contributed by atoms with van der Waals surface area (Å²) in [5, 5.41) is 11.9. The Kier molecular flexibility index (Phi) is 5.39. The van der Waals surface area contributed by atoms with Crippen LogP contribution in [0.15, 0.2) is 30.3 Å². The van der Waals surface area contributed by atoms with Gasteiger partial charge in [-0.15, -0.1) is 11.3 Å². The number of nitrogen functional groups attached to an aromatic ring is 1. The Labute approximate surface area is 163 Å². The van der Waals surface area contributed by atoms with E-state index in [-0.39, 0.29) is 5.75 Å². The standard InChI is InChI=1S/C21H24N2O3S/c1-12-7-5-6-8-13(12)9-14-10-16(24)15(11-23(2)3)19-17(14)18(20(22)27-19)21(25)26-4/h5-8,10,24H,9,11,22H2,1-4H3. The number of esters is 1. The molecule has 5 nitrogen and oxygen atoms in total. The number of carbonyl (C=O) groups excluding carboxylic acids is 1. The highest BCUT2D eigenvalue weighted by Gasteiger charge is 2.25. The number of hydrogen-bond acceptors (Lipinski definition) is 6. The van der Waals surface area contributed by atoms with Gasteiger partial charge in [-0.05, 0) is 50.2 Å². The quantitative estimate of drug-likeness (QED) is 0.652. The van der Waals surface area contributed by atoms with E-state index in [4.69, 9.17) is 10.5 Å². The van der Waals surface area contributed by atoms with Gasteiger partial charge in [-0.1, -0.05) is 24.3 Å². The first-order valence-corrected chi connectivity index (χ1v) is 9.48. The molecule has 3 aromatic rings. The number of hydrogen-bond donors (Lipinski definition) is 2. The van der Waals surface area contributed by atoms with Crippen LogP contribution in [0.5, 0.6) is 5.75 Å². The molecular weight excluding hydrogens is 360 g/mol. The van der Waals surface area contributed by atoms with E-state index in [1.165, 1.54) is 18.4 Å². The Bertz CT molecular complexity index is 1010. The molecule has 0 unspecified atom stereocenters. The van der Waals surface area contributed by atoms with Crippen molar-refractivity contribution in [3.8, 4) is 5.75 Å². The van der Waals surface area contributed by atoms with Crippen molar-refractivity contribution in [2.45, 2.75) is 19.9 Å². The average molecular weight is 385 g/mol. The molecule has 0 saturated heterocycles. The average Bonchev–Trinajstić information content (AvgIpc) is 2.96. The summed E-state index contributed by atoms with van der Waals surface area (Å²) in [4.78, 5) is 14.4. The van der Waals surface area contributed by atoms with Crippen LogP contribution in [-0.4, -0.2) is 37.2 Å². The third kappa shape index (κ3) is 3.63. The first kappa shape index (κ1) is 19.2. The number of carbonyl (C=O) groups is 1. The number of aryl methyl sites for hydroxylation is 1. The second-order valence-electron chi connectivity index (χ2n) is 6.91. The second kappa shape index (κ2) is 7.58. The zero-order chi connectivity index (χ0) is 19.7. The molecule has 0 aliphatic heterocycles. The predicted molar refractivity (Wildman–Crippen MR) is 111 cm³/mol. The Morgan fingerprint density at radius 1 is 1.26 bits per heavy atom. The number of benzene rings is 2. The van der Waals surface area contributed by atoms with E-state index in [2.05, 4.69) is 19.1 Å². The van der Waals surface area contributed by atoms with E-state index in [9.17, 15) is 9.90 Å². The van der Waals surface area contributed by atoms with E-state index in [0.717, 1.165) is 32.3 Å². The van der Waals surface area contributed by atoms with Gasteiger partial charge >= 0.3 is 5.97 Å². The van der Waals surface area contributed by atoms with E-state index in [0.29, 0.717) is 23.5 Å². The number of aromatic hydroxyl groups is 1. The lowest BCUT2D eigenvalue weighted by molar-refractivity contribution is 0.0604. The number of thiophene rings is 1. The van der Waals surface area contributed by atoms with Crippen molar-refractivity contribution >= 4 is 32.4 Å². The molecule has 142 valence electrons. The minimum atomic E-state index is -0.453. The SMILES string of the molecule is COC(=O)c1c(N)sc2c(CN(C)C)c(O)cc(Cc3ccccc3C)c12. The maximum atomic E-state index is 12.4. The first-order chi connectivity index (χ1) is 12.8.